The summed E-state index contributed by atoms with van der Waals surface area (Å²) in [6.45, 7) is 6.41. The quantitative estimate of drug-likeness (QED) is 0.0261. The van der Waals surface area contributed by atoms with Crippen molar-refractivity contribution < 1.29 is 28.6 Å². The Kier molecular flexibility index (Phi) is 56.3. The van der Waals surface area contributed by atoms with Crippen LogP contribution in [0.1, 0.15) is 290 Å². The number of hydrogen-bond acceptors (Lipinski definition) is 6. The van der Waals surface area contributed by atoms with Gasteiger partial charge in [-0.25, -0.2) is 0 Å². The lowest BCUT2D eigenvalue weighted by Gasteiger charge is -2.18. The van der Waals surface area contributed by atoms with Crippen LogP contribution in [0, 0.1) is 0 Å². The van der Waals surface area contributed by atoms with Crippen LogP contribution in [0.3, 0.4) is 0 Å². The van der Waals surface area contributed by atoms with Crippen LogP contribution in [-0.2, 0) is 28.6 Å². The molecule has 0 fully saturated rings. The third-order valence-corrected chi connectivity index (χ3v) is 12.9. The molecule has 0 aliphatic heterocycles. The topological polar surface area (TPSA) is 78.9 Å². The van der Waals surface area contributed by atoms with Crippen LogP contribution in [0.5, 0.6) is 0 Å². The maximum absolute atomic E-state index is 12.8. The van der Waals surface area contributed by atoms with Crippen molar-refractivity contribution in [1.29, 1.82) is 0 Å². The van der Waals surface area contributed by atoms with Crippen LogP contribution in [0.25, 0.3) is 0 Å². The number of hydrogen-bond donors (Lipinski definition) is 0. The molecule has 0 radical (unpaired) electrons. The second kappa shape index (κ2) is 59.2. The molecule has 0 aromatic heterocycles. The SMILES string of the molecule is CC/C=C\C/C=C\C/C=C\C/C=C\CCCCCCCCCCCCCCCCC(=O)OCC(COC(=O)CCCCCCCCCCCCC)OC(=O)CCCCCCC/C=C\C/C=C\C/C=C\CC. The molecule has 0 saturated heterocycles. The molecule has 6 heteroatoms. The first-order chi connectivity index (χ1) is 35.0. The summed E-state index contributed by atoms with van der Waals surface area (Å²) in [4.78, 5) is 38.1. The predicted octanol–water partition coefficient (Wildman–Crippen LogP) is 20.3. The summed E-state index contributed by atoms with van der Waals surface area (Å²) in [6.07, 6.45) is 77.3. The molecule has 0 aliphatic rings. The Bertz CT molecular complexity index is 1370. The van der Waals surface area contributed by atoms with Crippen molar-refractivity contribution in [3.05, 3.63) is 85.1 Å². The van der Waals surface area contributed by atoms with Gasteiger partial charge in [-0.3, -0.25) is 14.4 Å². The van der Waals surface area contributed by atoms with E-state index in [0.29, 0.717) is 19.3 Å². The minimum atomic E-state index is -0.783. The molecular weight excluding hydrogens is 877 g/mol. The van der Waals surface area contributed by atoms with E-state index in [1.807, 2.05) is 0 Å². The summed E-state index contributed by atoms with van der Waals surface area (Å²) in [5.74, 6) is -0.890. The lowest BCUT2D eigenvalue weighted by Crippen LogP contribution is -2.30. The Balaban J connectivity index is 4.22. The van der Waals surface area contributed by atoms with Gasteiger partial charge < -0.3 is 14.2 Å². The summed E-state index contributed by atoms with van der Waals surface area (Å²) >= 11 is 0. The van der Waals surface area contributed by atoms with Crippen LogP contribution in [0.15, 0.2) is 85.1 Å². The molecule has 0 heterocycles. The number of carbonyl (C=O) groups excluding carboxylic acids is 3. The van der Waals surface area contributed by atoms with Gasteiger partial charge >= 0.3 is 17.9 Å². The highest BCUT2D eigenvalue weighted by Crippen LogP contribution is 2.16. The molecule has 0 rings (SSSR count). The average Bonchev–Trinajstić information content (AvgIpc) is 3.37. The fourth-order valence-electron chi connectivity index (χ4n) is 8.45. The molecule has 0 bridgehead atoms. The van der Waals surface area contributed by atoms with E-state index in [4.69, 9.17) is 14.2 Å². The van der Waals surface area contributed by atoms with E-state index in [-0.39, 0.29) is 31.1 Å². The second-order valence-corrected chi connectivity index (χ2v) is 19.9. The highest BCUT2D eigenvalue weighted by Gasteiger charge is 2.19. The van der Waals surface area contributed by atoms with Gasteiger partial charge in [-0.15, -0.1) is 0 Å². The average molecular weight is 990 g/mol. The highest BCUT2D eigenvalue weighted by molar-refractivity contribution is 5.71. The lowest BCUT2D eigenvalue weighted by atomic mass is 10.0. The highest BCUT2D eigenvalue weighted by atomic mass is 16.6. The van der Waals surface area contributed by atoms with Crippen molar-refractivity contribution in [2.75, 3.05) is 13.2 Å². The summed E-state index contributed by atoms with van der Waals surface area (Å²) in [7, 11) is 0. The number of allylic oxidation sites excluding steroid dienone is 14. The van der Waals surface area contributed by atoms with Gasteiger partial charge in [0.2, 0.25) is 0 Å². The number of unbranched alkanes of at least 4 members (excludes halogenated alkanes) is 29. The normalized spacial score (nSPS) is 12.7. The lowest BCUT2D eigenvalue weighted by molar-refractivity contribution is -0.167. The number of carbonyl (C=O) groups is 3. The van der Waals surface area contributed by atoms with Crippen LogP contribution in [-0.4, -0.2) is 37.2 Å². The van der Waals surface area contributed by atoms with E-state index in [9.17, 15) is 14.4 Å². The molecule has 0 N–H and O–H groups in total. The molecule has 0 aromatic rings. The number of esters is 3. The molecule has 6 nitrogen and oxygen atoms in total. The number of ether oxygens (including phenoxy) is 3. The van der Waals surface area contributed by atoms with Gasteiger partial charge in [-0.1, -0.05) is 266 Å². The molecule has 408 valence electrons. The third kappa shape index (κ3) is 57.4. The predicted molar refractivity (Wildman–Crippen MR) is 307 cm³/mol. The van der Waals surface area contributed by atoms with Crippen molar-refractivity contribution in [2.24, 2.45) is 0 Å². The van der Waals surface area contributed by atoms with Crippen molar-refractivity contribution in [3.63, 3.8) is 0 Å². The van der Waals surface area contributed by atoms with Gasteiger partial charge in [0.15, 0.2) is 6.10 Å². The molecule has 0 saturated carbocycles. The Morgan fingerprint density at radius 2 is 0.549 bits per heavy atom. The molecule has 71 heavy (non-hydrogen) atoms. The van der Waals surface area contributed by atoms with Crippen molar-refractivity contribution >= 4 is 17.9 Å². The fraction of sp³-hybridized carbons (Fsp3) is 0.738. The first-order valence-corrected chi connectivity index (χ1v) is 30.1. The smallest absolute Gasteiger partial charge is 0.306 e. The molecular formula is C65H112O6. The van der Waals surface area contributed by atoms with Crippen LogP contribution in [0.4, 0.5) is 0 Å². The monoisotopic (exact) mass is 989 g/mol. The van der Waals surface area contributed by atoms with Gasteiger partial charge in [-0.2, -0.15) is 0 Å². The van der Waals surface area contributed by atoms with Crippen LogP contribution in [0.2, 0.25) is 0 Å². The molecule has 1 atom stereocenters. The first-order valence-electron chi connectivity index (χ1n) is 30.1. The number of rotatable bonds is 54. The maximum atomic E-state index is 12.8. The maximum Gasteiger partial charge on any atom is 0.306 e. The Morgan fingerprint density at radius 3 is 0.859 bits per heavy atom. The molecule has 0 aliphatic carbocycles. The van der Waals surface area contributed by atoms with Gasteiger partial charge in [0.25, 0.3) is 0 Å². The van der Waals surface area contributed by atoms with E-state index < -0.39 is 6.10 Å². The molecule has 0 spiro atoms. The minimum Gasteiger partial charge on any atom is -0.462 e. The van der Waals surface area contributed by atoms with Crippen LogP contribution >= 0.6 is 0 Å². The summed E-state index contributed by atoms with van der Waals surface area (Å²) in [5, 5.41) is 0. The zero-order valence-corrected chi connectivity index (χ0v) is 46.7. The standard InChI is InChI=1S/C65H112O6/c1-4-7-10-13-16-19-22-24-26-27-28-29-30-31-32-33-34-35-36-37-39-40-43-46-49-52-55-58-64(67)70-61-62(60-69-63(66)57-54-51-48-45-42-21-18-15-12-9-6-3)71-65(68)59-56-53-50-47-44-41-38-25-23-20-17-14-11-8-5-2/h7-8,10-11,16-17,19-20,24-26,28-29,38,62H,4-6,9,12-15,18,21-23,27,30-37,39-61H2,1-3H3/b10-7-,11-8-,19-16-,20-17-,26-24-,29-28-,38-25-. The third-order valence-electron chi connectivity index (χ3n) is 12.9. The van der Waals surface area contributed by atoms with Gasteiger partial charge in [0, 0.05) is 19.3 Å². The summed E-state index contributed by atoms with van der Waals surface area (Å²) < 4.78 is 16.9. The summed E-state index contributed by atoms with van der Waals surface area (Å²) in [6, 6.07) is 0. The van der Waals surface area contributed by atoms with E-state index in [0.717, 1.165) is 122 Å². The van der Waals surface area contributed by atoms with Crippen molar-refractivity contribution in [3.8, 4) is 0 Å². The van der Waals surface area contributed by atoms with Gasteiger partial charge in [0.1, 0.15) is 13.2 Å². The minimum absolute atomic E-state index is 0.0805. The zero-order valence-electron chi connectivity index (χ0n) is 46.7. The van der Waals surface area contributed by atoms with Gasteiger partial charge in [0.05, 0.1) is 0 Å². The fourth-order valence-corrected chi connectivity index (χ4v) is 8.45. The summed E-state index contributed by atoms with van der Waals surface area (Å²) in [5.41, 5.74) is 0. The van der Waals surface area contributed by atoms with Crippen molar-refractivity contribution in [2.45, 2.75) is 297 Å². The van der Waals surface area contributed by atoms with E-state index in [1.54, 1.807) is 0 Å². The van der Waals surface area contributed by atoms with Gasteiger partial charge in [-0.05, 0) is 89.9 Å². The molecule has 1 unspecified atom stereocenters. The Morgan fingerprint density at radius 1 is 0.296 bits per heavy atom. The van der Waals surface area contributed by atoms with E-state index in [2.05, 4.69) is 106 Å². The molecule has 0 aromatic carbocycles. The second-order valence-electron chi connectivity index (χ2n) is 19.9. The Labute approximate surface area is 439 Å². The first kappa shape index (κ1) is 67.6. The van der Waals surface area contributed by atoms with Crippen molar-refractivity contribution in [1.82, 2.24) is 0 Å². The van der Waals surface area contributed by atoms with E-state index >= 15 is 0 Å². The molecule has 0 amide bonds. The Hall–Kier alpha value is -3.41. The van der Waals surface area contributed by atoms with E-state index in [1.165, 1.54) is 128 Å². The largest absolute Gasteiger partial charge is 0.462 e. The van der Waals surface area contributed by atoms with Crippen LogP contribution < -0.4 is 0 Å². The zero-order chi connectivity index (χ0) is 51.4.